The van der Waals surface area contributed by atoms with Gasteiger partial charge in [0.15, 0.2) is 0 Å². The van der Waals surface area contributed by atoms with Crippen LogP contribution >= 0.6 is 0 Å². The summed E-state index contributed by atoms with van der Waals surface area (Å²) in [6.45, 7) is 6.65. The minimum Gasteiger partial charge on any atom is -0.662 e. The van der Waals surface area contributed by atoms with Crippen LogP contribution in [-0.2, 0) is 4.74 Å². The number of nitrogens with zero attached hydrogens (tertiary/aromatic N) is 1. The summed E-state index contributed by atoms with van der Waals surface area (Å²) >= 11 is 0. The summed E-state index contributed by atoms with van der Waals surface area (Å²) in [5, 5.41) is 4.35. The van der Waals surface area contributed by atoms with Gasteiger partial charge in [0.1, 0.15) is 0 Å². The molecule has 1 saturated heterocycles. The van der Waals surface area contributed by atoms with Crippen molar-refractivity contribution in [1.29, 1.82) is 0 Å². The fourth-order valence-corrected chi connectivity index (χ4v) is 1.89. The maximum atomic E-state index is 5.25. The van der Waals surface area contributed by atoms with Crippen LogP contribution in [0.2, 0.25) is 0 Å². The molecule has 0 aromatic carbocycles. The molecule has 0 saturated carbocycles. The fourth-order valence-electron chi connectivity index (χ4n) is 1.89. The Hall–Kier alpha value is 0.855. The molecule has 2 nitrogen and oxygen atoms in total. The summed E-state index contributed by atoms with van der Waals surface area (Å²) in [7, 11) is 1.77. The molecule has 0 aromatic rings. The van der Waals surface area contributed by atoms with Crippen LogP contribution in [-0.4, -0.2) is 26.8 Å². The molecule has 0 atom stereocenters. The van der Waals surface area contributed by atoms with E-state index in [9.17, 15) is 0 Å². The largest absolute Gasteiger partial charge is 0.662 e. The summed E-state index contributed by atoms with van der Waals surface area (Å²) < 4.78 is 5.25. The smallest absolute Gasteiger partial charge is 0.0520 e. The van der Waals surface area contributed by atoms with Crippen molar-refractivity contribution >= 4 is 0 Å². The molecule has 73 valence electrons. The summed E-state index contributed by atoms with van der Waals surface area (Å²) in [6.07, 6.45) is 5.39. The van der Waals surface area contributed by atoms with Gasteiger partial charge in [-0.3, -0.25) is 0 Å². The summed E-state index contributed by atoms with van der Waals surface area (Å²) in [6, 6.07) is 0. The normalized spacial score (nSPS) is 20.4. The molecule has 0 bridgehead atoms. The second kappa shape index (κ2) is 7.19. The zero-order valence-corrected chi connectivity index (χ0v) is 12.1. The molecule has 0 spiro atoms. The zero-order valence-electron chi connectivity index (χ0n) is 8.46. The first-order chi connectivity index (χ1) is 5.83. The summed E-state index contributed by atoms with van der Waals surface area (Å²) in [5.41, 5.74) is 0.345. The maximum Gasteiger partial charge on any atom is 0.0520 e. The van der Waals surface area contributed by atoms with Crippen LogP contribution in [0.1, 0.15) is 19.3 Å². The average Bonchev–Trinajstić information content (AvgIpc) is 2.07. The van der Waals surface area contributed by atoms with Crippen molar-refractivity contribution < 1.29 is 40.3 Å². The Balaban J connectivity index is 0.00000144. The molecule has 1 fully saturated rings. The second-order valence-corrected chi connectivity index (χ2v) is 3.60. The first-order valence-electron chi connectivity index (χ1n) is 4.56. The van der Waals surface area contributed by atoms with Gasteiger partial charge in [0.05, 0.1) is 6.61 Å². The van der Waals surface area contributed by atoms with E-state index in [4.69, 9.17) is 4.74 Å². The van der Waals surface area contributed by atoms with E-state index in [2.05, 4.69) is 11.9 Å². The van der Waals surface area contributed by atoms with E-state index >= 15 is 0 Å². The molecule has 0 aromatic heterocycles. The third-order valence-electron chi connectivity index (χ3n) is 2.63. The van der Waals surface area contributed by atoms with Crippen molar-refractivity contribution in [3.8, 4) is 0 Å². The predicted octanol–water partition coefficient (Wildman–Crippen LogP) is 2.36. The molecular formula is C10H18LaNO-. The molecule has 1 heterocycles. The average molecular weight is 307 g/mol. The Morgan fingerprint density at radius 3 is 2.54 bits per heavy atom. The SMILES string of the molecule is C=CCC1(COC)CC[N-]CC1.[La]. The van der Waals surface area contributed by atoms with Crippen molar-refractivity contribution in [2.24, 2.45) is 5.41 Å². The van der Waals surface area contributed by atoms with Gasteiger partial charge in [-0.1, -0.05) is 18.9 Å². The summed E-state index contributed by atoms with van der Waals surface area (Å²) in [5.74, 6) is 0. The van der Waals surface area contributed by atoms with Gasteiger partial charge in [0.25, 0.3) is 0 Å². The quantitative estimate of drug-likeness (QED) is 0.731. The topological polar surface area (TPSA) is 23.3 Å². The molecule has 0 N–H and O–H groups in total. The van der Waals surface area contributed by atoms with Crippen LogP contribution < -0.4 is 0 Å². The molecule has 3 heteroatoms. The molecule has 0 amide bonds. The van der Waals surface area contributed by atoms with Gasteiger partial charge in [0.2, 0.25) is 0 Å². The second-order valence-electron chi connectivity index (χ2n) is 3.60. The van der Waals surface area contributed by atoms with Crippen LogP contribution in [0.15, 0.2) is 12.7 Å². The number of ether oxygens (including phenoxy) is 1. The number of piperidine rings is 1. The standard InChI is InChI=1S/C10H18NO.La/c1-3-4-10(9-12-2)5-7-11-8-6-10;/h3H,1,4-9H2,2H3;/q-1;. The van der Waals surface area contributed by atoms with Gasteiger partial charge >= 0.3 is 0 Å². The molecule has 1 rings (SSSR count). The van der Waals surface area contributed by atoms with Crippen LogP contribution in [0.25, 0.3) is 5.32 Å². The van der Waals surface area contributed by atoms with E-state index in [1.54, 1.807) is 7.11 Å². The van der Waals surface area contributed by atoms with Gasteiger partial charge < -0.3 is 10.1 Å². The molecule has 1 aliphatic rings. The first-order valence-corrected chi connectivity index (χ1v) is 4.56. The Morgan fingerprint density at radius 1 is 1.46 bits per heavy atom. The number of methoxy groups -OCH3 is 1. The zero-order chi connectivity index (χ0) is 8.86. The van der Waals surface area contributed by atoms with E-state index < -0.39 is 0 Å². The van der Waals surface area contributed by atoms with Crippen molar-refractivity contribution in [2.45, 2.75) is 19.3 Å². The van der Waals surface area contributed by atoms with Crippen molar-refractivity contribution in [3.63, 3.8) is 0 Å². The molecule has 0 unspecified atom stereocenters. The Kier molecular flexibility index (Phi) is 7.66. The van der Waals surface area contributed by atoms with Crippen LogP contribution in [0, 0.1) is 41.0 Å². The third-order valence-corrected chi connectivity index (χ3v) is 2.63. The number of hydrogen-bond acceptors (Lipinski definition) is 1. The van der Waals surface area contributed by atoms with E-state index in [0.717, 1.165) is 39.0 Å². The molecule has 13 heavy (non-hydrogen) atoms. The molecular weight excluding hydrogens is 289 g/mol. The van der Waals surface area contributed by atoms with Gasteiger partial charge in [-0.2, -0.15) is 0 Å². The minimum absolute atomic E-state index is 0. The Labute approximate surface area is 109 Å². The van der Waals surface area contributed by atoms with Gasteiger partial charge in [-0.25, -0.2) is 0 Å². The first kappa shape index (κ1) is 13.9. The van der Waals surface area contributed by atoms with Gasteiger partial charge in [-0.15, -0.1) is 19.7 Å². The molecule has 1 radical (unpaired) electrons. The van der Waals surface area contributed by atoms with E-state index in [-0.39, 0.29) is 35.6 Å². The van der Waals surface area contributed by atoms with E-state index in [1.807, 2.05) is 6.08 Å². The van der Waals surface area contributed by atoms with Gasteiger partial charge in [-0.05, 0) is 11.8 Å². The number of allylic oxidation sites excluding steroid dienone is 1. The van der Waals surface area contributed by atoms with Crippen LogP contribution in [0.3, 0.4) is 0 Å². The third kappa shape index (κ3) is 4.26. The monoisotopic (exact) mass is 307 g/mol. The van der Waals surface area contributed by atoms with E-state index in [0.29, 0.717) is 5.41 Å². The maximum absolute atomic E-state index is 5.25. The fraction of sp³-hybridized carbons (Fsp3) is 0.800. The van der Waals surface area contributed by atoms with Crippen LogP contribution in [0.5, 0.6) is 0 Å². The van der Waals surface area contributed by atoms with E-state index in [1.165, 1.54) is 0 Å². The predicted molar refractivity (Wildman–Crippen MR) is 51.5 cm³/mol. The Bertz CT molecular complexity index is 138. The van der Waals surface area contributed by atoms with Crippen molar-refractivity contribution in [1.82, 2.24) is 0 Å². The molecule has 0 aliphatic carbocycles. The van der Waals surface area contributed by atoms with Gasteiger partial charge in [0, 0.05) is 42.7 Å². The molecule has 1 aliphatic heterocycles. The summed E-state index contributed by atoms with van der Waals surface area (Å²) in [4.78, 5) is 0. The van der Waals surface area contributed by atoms with Crippen molar-refractivity contribution in [3.05, 3.63) is 18.0 Å². The Morgan fingerprint density at radius 2 is 2.08 bits per heavy atom. The van der Waals surface area contributed by atoms with Crippen molar-refractivity contribution in [2.75, 3.05) is 26.8 Å². The number of hydrogen-bond donors (Lipinski definition) is 0. The number of rotatable bonds is 4. The van der Waals surface area contributed by atoms with Crippen LogP contribution in [0.4, 0.5) is 0 Å². The minimum atomic E-state index is 0.